The van der Waals surface area contributed by atoms with Gasteiger partial charge in [0, 0.05) is 29.6 Å². The number of esters is 1. The lowest BCUT2D eigenvalue weighted by Crippen LogP contribution is -2.34. The van der Waals surface area contributed by atoms with Gasteiger partial charge in [0.2, 0.25) is 0 Å². The Morgan fingerprint density at radius 1 is 1.38 bits per heavy atom. The first kappa shape index (κ1) is 23.3. The first-order chi connectivity index (χ1) is 15.0. The number of H-pyrrole nitrogens is 1. The van der Waals surface area contributed by atoms with E-state index in [1.807, 2.05) is 6.07 Å². The van der Waals surface area contributed by atoms with Gasteiger partial charge in [-0.1, -0.05) is 11.6 Å². The SMILES string of the molecule is CCOC(=O)C(C#N)c1c(Cl)cnc2[nH]c3c(N(C)C(=O)OC(C)(C)C)cc(F)cc3c12. The van der Waals surface area contributed by atoms with Gasteiger partial charge in [0.05, 0.1) is 28.9 Å². The summed E-state index contributed by atoms with van der Waals surface area (Å²) in [6, 6.07) is 4.31. The average molecular weight is 461 g/mol. The van der Waals surface area contributed by atoms with E-state index in [4.69, 9.17) is 21.1 Å². The zero-order chi connectivity index (χ0) is 23.8. The molecule has 0 bridgehead atoms. The zero-order valence-corrected chi connectivity index (χ0v) is 19.0. The second-order valence-corrected chi connectivity index (χ2v) is 8.48. The second-order valence-electron chi connectivity index (χ2n) is 8.07. The molecule has 2 aromatic heterocycles. The summed E-state index contributed by atoms with van der Waals surface area (Å²) in [5.41, 5.74) is 0.235. The summed E-state index contributed by atoms with van der Waals surface area (Å²) in [6.45, 7) is 6.86. The fourth-order valence-electron chi connectivity index (χ4n) is 3.35. The lowest BCUT2D eigenvalue weighted by atomic mass is 9.96. The molecular formula is C22H22ClFN4O4. The minimum atomic E-state index is -1.35. The number of carbonyl (C=O) groups excluding carboxylic acids is 2. The number of hydrogen-bond donors (Lipinski definition) is 1. The fraction of sp³-hybridized carbons (Fsp3) is 0.364. The second kappa shape index (κ2) is 8.63. The molecule has 0 spiro atoms. The highest BCUT2D eigenvalue weighted by Crippen LogP contribution is 2.39. The van der Waals surface area contributed by atoms with Gasteiger partial charge in [0.1, 0.15) is 17.1 Å². The Bertz CT molecular complexity index is 1260. The molecule has 1 unspecified atom stereocenters. The van der Waals surface area contributed by atoms with E-state index in [0.29, 0.717) is 16.3 Å². The van der Waals surface area contributed by atoms with Crippen molar-refractivity contribution in [1.29, 1.82) is 5.26 Å². The van der Waals surface area contributed by atoms with E-state index in [1.165, 1.54) is 30.3 Å². The highest BCUT2D eigenvalue weighted by Gasteiger charge is 2.30. The number of benzene rings is 1. The lowest BCUT2D eigenvalue weighted by Gasteiger charge is -2.25. The fourth-order valence-corrected chi connectivity index (χ4v) is 3.60. The Kier molecular flexibility index (Phi) is 6.28. The lowest BCUT2D eigenvalue weighted by molar-refractivity contribution is -0.143. The van der Waals surface area contributed by atoms with Gasteiger partial charge in [-0.05, 0) is 39.8 Å². The Morgan fingerprint density at radius 3 is 2.66 bits per heavy atom. The topological polar surface area (TPSA) is 108 Å². The summed E-state index contributed by atoms with van der Waals surface area (Å²) < 4.78 is 25.1. The highest BCUT2D eigenvalue weighted by molar-refractivity contribution is 6.33. The van der Waals surface area contributed by atoms with Crippen molar-refractivity contribution in [2.45, 2.75) is 39.2 Å². The van der Waals surface area contributed by atoms with E-state index < -0.39 is 29.4 Å². The number of hydrogen-bond acceptors (Lipinski definition) is 6. The number of nitriles is 1. The molecule has 0 fully saturated rings. The molecule has 0 aliphatic carbocycles. The van der Waals surface area contributed by atoms with Crippen LogP contribution in [-0.4, -0.2) is 41.3 Å². The number of rotatable bonds is 4. The molecule has 168 valence electrons. The summed E-state index contributed by atoms with van der Waals surface area (Å²) in [5, 5.41) is 10.3. The molecule has 2 heterocycles. The molecule has 3 rings (SSSR count). The van der Waals surface area contributed by atoms with E-state index >= 15 is 0 Å². The molecule has 0 saturated heterocycles. The van der Waals surface area contributed by atoms with Crippen LogP contribution in [-0.2, 0) is 14.3 Å². The molecule has 1 atom stereocenters. The van der Waals surface area contributed by atoms with E-state index in [1.54, 1.807) is 27.7 Å². The van der Waals surface area contributed by atoms with Gasteiger partial charge in [-0.15, -0.1) is 0 Å². The smallest absolute Gasteiger partial charge is 0.414 e. The van der Waals surface area contributed by atoms with Crippen LogP contribution in [0.25, 0.3) is 21.9 Å². The first-order valence-corrected chi connectivity index (χ1v) is 10.2. The van der Waals surface area contributed by atoms with Crippen LogP contribution in [0.5, 0.6) is 0 Å². The van der Waals surface area contributed by atoms with Crippen LogP contribution in [0.15, 0.2) is 18.3 Å². The van der Waals surface area contributed by atoms with Gasteiger partial charge < -0.3 is 14.5 Å². The minimum Gasteiger partial charge on any atom is -0.465 e. The van der Waals surface area contributed by atoms with Crippen molar-refractivity contribution in [3.05, 3.63) is 34.7 Å². The number of amides is 1. The predicted molar refractivity (Wildman–Crippen MR) is 118 cm³/mol. The Morgan fingerprint density at radius 2 is 2.06 bits per heavy atom. The third-order valence-electron chi connectivity index (χ3n) is 4.63. The summed E-state index contributed by atoms with van der Waals surface area (Å²) in [4.78, 5) is 33.4. The van der Waals surface area contributed by atoms with Crippen molar-refractivity contribution in [3.63, 3.8) is 0 Å². The summed E-state index contributed by atoms with van der Waals surface area (Å²) in [7, 11) is 1.45. The molecule has 0 saturated carbocycles. The van der Waals surface area contributed by atoms with Crippen LogP contribution < -0.4 is 4.90 Å². The summed E-state index contributed by atoms with van der Waals surface area (Å²) >= 11 is 6.33. The number of aromatic nitrogens is 2. The van der Waals surface area contributed by atoms with Crippen molar-refractivity contribution in [2.75, 3.05) is 18.6 Å². The summed E-state index contributed by atoms with van der Waals surface area (Å²) in [6.07, 6.45) is 0.613. The van der Waals surface area contributed by atoms with Crippen molar-refractivity contribution >= 4 is 51.3 Å². The first-order valence-electron chi connectivity index (χ1n) is 9.80. The third kappa shape index (κ3) is 4.32. The maximum atomic E-state index is 14.7. The van der Waals surface area contributed by atoms with E-state index in [2.05, 4.69) is 9.97 Å². The number of pyridine rings is 1. The van der Waals surface area contributed by atoms with Crippen LogP contribution in [0.3, 0.4) is 0 Å². The molecule has 3 aromatic rings. The highest BCUT2D eigenvalue weighted by atomic mass is 35.5. The van der Waals surface area contributed by atoms with Gasteiger partial charge in [0.15, 0.2) is 5.92 Å². The maximum Gasteiger partial charge on any atom is 0.414 e. The number of nitrogens with one attached hydrogen (secondary N) is 1. The standard InChI is InChI=1S/C22H22ClFN4O4/c1-6-31-20(29)13(9-25)16-14(23)10-26-19-17(16)12-7-11(24)8-15(18(12)27-19)28(5)21(30)32-22(2,3)4/h7-8,10,13H,6H2,1-5H3,(H,26,27). The molecule has 32 heavy (non-hydrogen) atoms. The Labute approximate surface area is 188 Å². The van der Waals surface area contributed by atoms with Gasteiger partial charge in [-0.25, -0.2) is 14.2 Å². The molecule has 0 aliphatic rings. The van der Waals surface area contributed by atoms with Gasteiger partial charge in [-0.2, -0.15) is 5.26 Å². The van der Waals surface area contributed by atoms with Crippen LogP contribution in [0.2, 0.25) is 5.02 Å². The van der Waals surface area contributed by atoms with Crippen molar-refractivity contribution in [2.24, 2.45) is 0 Å². The average Bonchev–Trinajstić information content (AvgIpc) is 3.06. The van der Waals surface area contributed by atoms with E-state index in [9.17, 15) is 19.2 Å². The quantitative estimate of drug-likeness (QED) is 0.546. The Hall–Kier alpha value is -3.38. The molecule has 0 radical (unpaired) electrons. The number of fused-ring (bicyclic) bond motifs is 3. The molecular weight excluding hydrogens is 439 g/mol. The monoisotopic (exact) mass is 460 g/mol. The number of carbonyl (C=O) groups is 2. The zero-order valence-electron chi connectivity index (χ0n) is 18.2. The number of halogens is 2. The predicted octanol–water partition coefficient (Wildman–Crippen LogP) is 5.05. The van der Waals surface area contributed by atoms with Crippen LogP contribution in [0.4, 0.5) is 14.9 Å². The number of anilines is 1. The van der Waals surface area contributed by atoms with Crippen LogP contribution in [0.1, 0.15) is 39.2 Å². The summed E-state index contributed by atoms with van der Waals surface area (Å²) in [5.74, 6) is -2.76. The van der Waals surface area contributed by atoms with Crippen molar-refractivity contribution in [1.82, 2.24) is 9.97 Å². The van der Waals surface area contributed by atoms with Crippen molar-refractivity contribution < 1.29 is 23.5 Å². The molecule has 1 aromatic carbocycles. The van der Waals surface area contributed by atoms with Gasteiger partial charge >= 0.3 is 12.1 Å². The van der Waals surface area contributed by atoms with E-state index in [0.717, 1.165) is 0 Å². The molecule has 1 amide bonds. The van der Waals surface area contributed by atoms with Gasteiger partial charge in [0.25, 0.3) is 0 Å². The minimum absolute atomic E-state index is 0.0595. The van der Waals surface area contributed by atoms with E-state index in [-0.39, 0.29) is 28.5 Å². The Balaban J connectivity index is 2.29. The maximum absolute atomic E-state index is 14.7. The van der Waals surface area contributed by atoms with Crippen LogP contribution in [0, 0.1) is 17.1 Å². The molecule has 1 N–H and O–H groups in total. The molecule has 0 aliphatic heterocycles. The largest absolute Gasteiger partial charge is 0.465 e. The number of nitrogens with zero attached hydrogens (tertiary/aromatic N) is 3. The normalized spacial score (nSPS) is 12.4. The van der Waals surface area contributed by atoms with Crippen LogP contribution >= 0.6 is 11.6 Å². The number of ether oxygens (including phenoxy) is 2. The van der Waals surface area contributed by atoms with Gasteiger partial charge in [-0.3, -0.25) is 9.69 Å². The van der Waals surface area contributed by atoms with Crippen molar-refractivity contribution in [3.8, 4) is 6.07 Å². The molecule has 10 heteroatoms. The third-order valence-corrected chi connectivity index (χ3v) is 4.94. The number of aromatic amines is 1. The molecule has 8 nitrogen and oxygen atoms in total.